The topological polar surface area (TPSA) is 47.1 Å². The van der Waals surface area contributed by atoms with Crippen LogP contribution in [0.15, 0.2) is 10.7 Å². The van der Waals surface area contributed by atoms with Crippen LogP contribution >= 0.6 is 15.9 Å². The van der Waals surface area contributed by atoms with E-state index in [-0.39, 0.29) is 11.6 Å². The van der Waals surface area contributed by atoms with Gasteiger partial charge in [-0.2, -0.15) is 5.10 Å². The van der Waals surface area contributed by atoms with Gasteiger partial charge >= 0.3 is 0 Å². The summed E-state index contributed by atoms with van der Waals surface area (Å²) in [4.78, 5) is 2.55. The Bertz CT molecular complexity index is 400. The number of aromatic nitrogens is 2. The van der Waals surface area contributed by atoms with Crippen molar-refractivity contribution in [3.63, 3.8) is 0 Å². The second-order valence-electron chi connectivity index (χ2n) is 6.03. The van der Waals surface area contributed by atoms with Crippen LogP contribution in [-0.2, 0) is 7.05 Å². The first-order chi connectivity index (χ1) is 8.94. The predicted octanol–water partition coefficient (Wildman–Crippen LogP) is 2.84. The van der Waals surface area contributed by atoms with Crippen LogP contribution < -0.4 is 5.73 Å². The van der Waals surface area contributed by atoms with Crippen molar-refractivity contribution >= 4 is 15.9 Å². The summed E-state index contributed by atoms with van der Waals surface area (Å²) < 4.78 is 2.89. The average Bonchev–Trinajstić information content (AvgIpc) is 2.61. The van der Waals surface area contributed by atoms with Gasteiger partial charge in [-0.05, 0) is 55.7 Å². The van der Waals surface area contributed by atoms with Crippen molar-refractivity contribution in [2.24, 2.45) is 12.8 Å². The molecular weight excluding hydrogens is 304 g/mol. The maximum atomic E-state index is 6.57. The molecular formula is C14H25BrN4. The van der Waals surface area contributed by atoms with Gasteiger partial charge in [-0.1, -0.05) is 12.8 Å². The molecule has 0 bridgehead atoms. The van der Waals surface area contributed by atoms with Crippen LogP contribution in [0.1, 0.15) is 51.3 Å². The first kappa shape index (κ1) is 15.0. The normalized spacial score (nSPS) is 20.3. The van der Waals surface area contributed by atoms with E-state index in [4.69, 9.17) is 5.73 Å². The molecule has 1 saturated heterocycles. The first-order valence-electron chi connectivity index (χ1n) is 7.12. The van der Waals surface area contributed by atoms with E-state index in [1.807, 2.05) is 17.9 Å². The van der Waals surface area contributed by atoms with Gasteiger partial charge in [0.2, 0.25) is 0 Å². The minimum absolute atomic E-state index is 0.0486. The molecule has 1 atom stereocenters. The van der Waals surface area contributed by atoms with Gasteiger partial charge in [0.1, 0.15) is 0 Å². The van der Waals surface area contributed by atoms with Crippen molar-refractivity contribution in [3.8, 4) is 0 Å². The lowest BCUT2D eigenvalue weighted by Crippen LogP contribution is -2.52. The van der Waals surface area contributed by atoms with E-state index in [1.165, 1.54) is 25.7 Å². The van der Waals surface area contributed by atoms with E-state index in [0.717, 1.165) is 23.3 Å². The first-order valence-corrected chi connectivity index (χ1v) is 7.92. The molecule has 1 aromatic rings. The Morgan fingerprint density at radius 1 is 1.26 bits per heavy atom. The smallest absolute Gasteiger partial charge is 0.0708 e. The standard InChI is InChI=1S/C14H25BrN4/c1-14(2,19-8-6-4-5-7-9-19)13(16)12-11(15)10-17-18(12)3/h10,13H,4-9,16H2,1-3H3. The molecule has 1 aromatic heterocycles. The van der Waals surface area contributed by atoms with Crippen LogP contribution in [-0.4, -0.2) is 33.3 Å². The van der Waals surface area contributed by atoms with Crippen molar-refractivity contribution in [2.45, 2.75) is 51.1 Å². The summed E-state index contributed by atoms with van der Waals surface area (Å²) in [5.74, 6) is 0. The molecule has 0 amide bonds. The Labute approximate surface area is 124 Å². The van der Waals surface area contributed by atoms with Gasteiger partial charge in [0.25, 0.3) is 0 Å². The van der Waals surface area contributed by atoms with Crippen LogP contribution in [0.2, 0.25) is 0 Å². The molecule has 1 fully saturated rings. The number of hydrogen-bond acceptors (Lipinski definition) is 3. The van der Waals surface area contributed by atoms with Gasteiger partial charge in [-0.25, -0.2) is 0 Å². The fourth-order valence-corrected chi connectivity index (χ4v) is 3.54. The molecule has 0 spiro atoms. The summed E-state index contributed by atoms with van der Waals surface area (Å²) in [6.45, 7) is 6.80. The second-order valence-corrected chi connectivity index (χ2v) is 6.89. The molecule has 1 aliphatic rings. The number of halogens is 1. The zero-order chi connectivity index (χ0) is 14.0. The molecule has 2 N–H and O–H groups in total. The summed E-state index contributed by atoms with van der Waals surface area (Å²) in [6.07, 6.45) is 7.08. The maximum absolute atomic E-state index is 6.57. The SMILES string of the molecule is Cn1ncc(Br)c1C(N)C(C)(C)N1CCCCCC1. The maximum Gasteiger partial charge on any atom is 0.0708 e. The van der Waals surface area contributed by atoms with E-state index in [1.54, 1.807) is 0 Å². The van der Waals surface area contributed by atoms with Gasteiger partial charge in [-0.15, -0.1) is 0 Å². The summed E-state index contributed by atoms with van der Waals surface area (Å²) in [6, 6.07) is -0.0486. The third kappa shape index (κ3) is 3.03. The summed E-state index contributed by atoms with van der Waals surface area (Å²) >= 11 is 3.57. The lowest BCUT2D eigenvalue weighted by Gasteiger charge is -2.42. The Kier molecular flexibility index (Phi) is 4.69. The zero-order valence-corrected chi connectivity index (χ0v) is 13.8. The molecule has 2 heterocycles. The Morgan fingerprint density at radius 3 is 2.32 bits per heavy atom. The number of aryl methyl sites for hydroxylation is 1. The van der Waals surface area contributed by atoms with Crippen molar-refractivity contribution < 1.29 is 0 Å². The minimum atomic E-state index is -0.0549. The summed E-state index contributed by atoms with van der Waals surface area (Å²) in [7, 11) is 1.96. The Hall–Kier alpha value is -0.390. The van der Waals surface area contributed by atoms with E-state index in [2.05, 4.69) is 39.8 Å². The molecule has 1 unspecified atom stereocenters. The van der Waals surface area contributed by atoms with E-state index in [0.29, 0.717) is 0 Å². The minimum Gasteiger partial charge on any atom is -0.321 e. The fourth-order valence-electron chi connectivity index (χ4n) is 2.95. The molecule has 5 heteroatoms. The molecule has 0 aromatic carbocycles. The molecule has 108 valence electrons. The van der Waals surface area contributed by atoms with E-state index in [9.17, 15) is 0 Å². The van der Waals surface area contributed by atoms with Gasteiger partial charge < -0.3 is 5.73 Å². The Balaban J connectivity index is 2.22. The molecule has 0 radical (unpaired) electrons. The van der Waals surface area contributed by atoms with Crippen LogP contribution in [0, 0.1) is 0 Å². The number of nitrogens with two attached hydrogens (primary N) is 1. The molecule has 0 saturated carbocycles. The molecule has 4 nitrogen and oxygen atoms in total. The number of likely N-dealkylation sites (tertiary alicyclic amines) is 1. The lowest BCUT2D eigenvalue weighted by molar-refractivity contribution is 0.0950. The Morgan fingerprint density at radius 2 is 1.84 bits per heavy atom. The lowest BCUT2D eigenvalue weighted by atomic mass is 9.90. The van der Waals surface area contributed by atoms with Crippen LogP contribution in [0.5, 0.6) is 0 Å². The molecule has 0 aliphatic carbocycles. The number of rotatable bonds is 3. The van der Waals surface area contributed by atoms with Gasteiger partial charge in [-0.3, -0.25) is 9.58 Å². The third-order valence-corrected chi connectivity index (χ3v) is 5.03. The average molecular weight is 329 g/mol. The van der Waals surface area contributed by atoms with Gasteiger partial charge in [0.05, 0.1) is 22.4 Å². The van der Waals surface area contributed by atoms with Crippen LogP contribution in [0.3, 0.4) is 0 Å². The monoisotopic (exact) mass is 328 g/mol. The van der Waals surface area contributed by atoms with Crippen molar-refractivity contribution in [1.29, 1.82) is 0 Å². The molecule has 19 heavy (non-hydrogen) atoms. The number of nitrogens with zero attached hydrogens (tertiary/aromatic N) is 3. The highest BCUT2D eigenvalue weighted by Crippen LogP contribution is 2.34. The summed E-state index contributed by atoms with van der Waals surface area (Å²) in [5, 5.41) is 4.29. The predicted molar refractivity (Wildman–Crippen MR) is 82.0 cm³/mol. The summed E-state index contributed by atoms with van der Waals surface area (Å²) in [5.41, 5.74) is 7.59. The highest BCUT2D eigenvalue weighted by Gasteiger charge is 2.36. The largest absolute Gasteiger partial charge is 0.321 e. The highest BCUT2D eigenvalue weighted by molar-refractivity contribution is 9.10. The molecule has 2 rings (SSSR count). The van der Waals surface area contributed by atoms with E-state index >= 15 is 0 Å². The van der Waals surface area contributed by atoms with Gasteiger partial charge in [0, 0.05) is 12.6 Å². The van der Waals surface area contributed by atoms with E-state index < -0.39 is 0 Å². The zero-order valence-electron chi connectivity index (χ0n) is 12.2. The van der Waals surface area contributed by atoms with Crippen molar-refractivity contribution in [3.05, 3.63) is 16.4 Å². The third-order valence-electron chi connectivity index (χ3n) is 4.41. The van der Waals surface area contributed by atoms with Crippen molar-refractivity contribution in [2.75, 3.05) is 13.1 Å². The highest BCUT2D eigenvalue weighted by atomic mass is 79.9. The van der Waals surface area contributed by atoms with Crippen LogP contribution in [0.4, 0.5) is 0 Å². The second kappa shape index (κ2) is 5.94. The van der Waals surface area contributed by atoms with Crippen LogP contribution in [0.25, 0.3) is 0 Å². The quantitative estimate of drug-likeness (QED) is 0.928. The number of hydrogen-bond donors (Lipinski definition) is 1. The van der Waals surface area contributed by atoms with Gasteiger partial charge in [0.15, 0.2) is 0 Å². The molecule has 1 aliphatic heterocycles. The van der Waals surface area contributed by atoms with Crippen molar-refractivity contribution in [1.82, 2.24) is 14.7 Å². The fraction of sp³-hybridized carbons (Fsp3) is 0.786.